The molecule has 0 aliphatic heterocycles. The van der Waals surface area contributed by atoms with Crippen LogP contribution in [0.2, 0.25) is 0 Å². The number of nitrogens with zero attached hydrogens (tertiary/aromatic N) is 1. The summed E-state index contributed by atoms with van der Waals surface area (Å²) in [4.78, 5) is 39.5. The lowest BCUT2D eigenvalue weighted by molar-refractivity contribution is -0.147. The molecule has 144 valence electrons. The van der Waals surface area contributed by atoms with E-state index in [1.807, 2.05) is 24.3 Å². The van der Waals surface area contributed by atoms with Crippen molar-refractivity contribution in [2.75, 3.05) is 12.4 Å². The van der Waals surface area contributed by atoms with Crippen LogP contribution in [0.15, 0.2) is 28.6 Å². The van der Waals surface area contributed by atoms with Crippen LogP contribution in [-0.2, 0) is 14.3 Å². The summed E-state index contributed by atoms with van der Waals surface area (Å²) in [7, 11) is 0. The topological polar surface area (TPSA) is 97.4 Å². The van der Waals surface area contributed by atoms with E-state index in [0.29, 0.717) is 5.75 Å². The minimum atomic E-state index is -0.627. The Morgan fingerprint density at radius 1 is 1.22 bits per heavy atom. The van der Waals surface area contributed by atoms with Crippen molar-refractivity contribution in [3.8, 4) is 0 Å². The molecule has 2 aromatic rings. The molecule has 7 nitrogen and oxygen atoms in total. The van der Waals surface area contributed by atoms with Crippen LogP contribution in [-0.4, -0.2) is 41.3 Å². The number of rotatable bonds is 7. The van der Waals surface area contributed by atoms with E-state index in [9.17, 15) is 14.4 Å². The summed E-state index contributed by atoms with van der Waals surface area (Å²) in [5.41, 5.74) is 0.945. The number of aromatic nitrogens is 1. The Balaban J connectivity index is 1.30. The minimum Gasteiger partial charge on any atom is -0.456 e. The highest BCUT2D eigenvalue weighted by molar-refractivity contribution is 8.01. The number of imide groups is 1. The molecule has 3 amide bonds. The number of nitrogens with one attached hydrogen (secondary N) is 2. The molecule has 0 radical (unpaired) electrons. The predicted octanol–water partition coefficient (Wildman–Crippen LogP) is 3.09. The summed E-state index contributed by atoms with van der Waals surface area (Å²) < 4.78 is 6.91. The van der Waals surface area contributed by atoms with Crippen molar-refractivity contribution in [1.82, 2.24) is 15.6 Å². The van der Waals surface area contributed by atoms with Gasteiger partial charge in [-0.15, -0.1) is 11.3 Å². The molecule has 2 N–H and O–H groups in total. The average Bonchev–Trinajstić information content (AvgIpc) is 3.28. The molecule has 1 aliphatic carbocycles. The van der Waals surface area contributed by atoms with E-state index in [2.05, 4.69) is 15.6 Å². The lowest BCUT2D eigenvalue weighted by Crippen LogP contribution is -2.45. The van der Waals surface area contributed by atoms with Gasteiger partial charge in [-0.1, -0.05) is 36.7 Å². The summed E-state index contributed by atoms with van der Waals surface area (Å²) in [6.45, 7) is -0.456. The van der Waals surface area contributed by atoms with Gasteiger partial charge in [0.25, 0.3) is 5.91 Å². The first kappa shape index (κ1) is 19.6. The van der Waals surface area contributed by atoms with Gasteiger partial charge in [-0.05, 0) is 25.0 Å². The molecule has 0 spiro atoms. The summed E-state index contributed by atoms with van der Waals surface area (Å²) in [5.74, 6) is -0.588. The maximum absolute atomic E-state index is 11.7. The molecule has 0 bridgehead atoms. The third kappa shape index (κ3) is 6.21. The number of esters is 1. The van der Waals surface area contributed by atoms with E-state index in [1.54, 1.807) is 11.3 Å². The highest BCUT2D eigenvalue weighted by atomic mass is 32.2. The van der Waals surface area contributed by atoms with Gasteiger partial charge >= 0.3 is 12.0 Å². The Morgan fingerprint density at radius 3 is 2.78 bits per heavy atom. The summed E-state index contributed by atoms with van der Waals surface area (Å²) >= 11 is 3.06. The molecule has 9 heteroatoms. The monoisotopic (exact) mass is 407 g/mol. The summed E-state index contributed by atoms with van der Waals surface area (Å²) in [6.07, 6.45) is 4.21. The van der Waals surface area contributed by atoms with Crippen LogP contribution in [0.25, 0.3) is 10.2 Å². The zero-order valence-corrected chi connectivity index (χ0v) is 16.4. The highest BCUT2D eigenvalue weighted by Crippen LogP contribution is 2.29. The van der Waals surface area contributed by atoms with Crippen LogP contribution >= 0.6 is 23.1 Å². The Hall–Kier alpha value is -2.13. The van der Waals surface area contributed by atoms with Crippen LogP contribution in [0.4, 0.5) is 4.79 Å². The molecule has 1 saturated carbocycles. The Morgan fingerprint density at radius 2 is 2.00 bits per heavy atom. The zero-order chi connectivity index (χ0) is 19.1. The number of urea groups is 1. The average molecular weight is 408 g/mol. The minimum absolute atomic E-state index is 0.125. The van der Waals surface area contributed by atoms with Crippen LogP contribution in [0.5, 0.6) is 0 Å². The molecular weight excluding hydrogens is 386 g/mol. The molecule has 1 aromatic heterocycles. The van der Waals surface area contributed by atoms with E-state index in [4.69, 9.17) is 4.74 Å². The maximum Gasteiger partial charge on any atom is 0.321 e. The van der Waals surface area contributed by atoms with Crippen molar-refractivity contribution in [2.24, 2.45) is 0 Å². The fraction of sp³-hybridized carbons (Fsp3) is 0.444. The number of ether oxygens (including phenoxy) is 1. The lowest BCUT2D eigenvalue weighted by atomic mass is 10.2. The van der Waals surface area contributed by atoms with Gasteiger partial charge in [-0.3, -0.25) is 14.9 Å². The largest absolute Gasteiger partial charge is 0.456 e. The Kier molecular flexibility index (Phi) is 7.05. The van der Waals surface area contributed by atoms with Crippen molar-refractivity contribution in [2.45, 2.75) is 42.5 Å². The molecule has 1 heterocycles. The van der Waals surface area contributed by atoms with Crippen molar-refractivity contribution in [3.05, 3.63) is 24.3 Å². The van der Waals surface area contributed by atoms with Gasteiger partial charge in [0, 0.05) is 11.8 Å². The first-order valence-corrected chi connectivity index (χ1v) is 10.6. The second kappa shape index (κ2) is 9.70. The lowest BCUT2D eigenvalue weighted by Gasteiger charge is -2.12. The third-order valence-corrected chi connectivity index (χ3v) is 6.29. The zero-order valence-electron chi connectivity index (χ0n) is 14.7. The molecule has 1 fully saturated rings. The Labute approximate surface area is 165 Å². The normalized spacial score (nSPS) is 14.2. The predicted molar refractivity (Wildman–Crippen MR) is 105 cm³/mol. The number of thioether (sulfide) groups is 1. The molecular formula is C18H21N3O4S2. The fourth-order valence-electron chi connectivity index (χ4n) is 2.81. The van der Waals surface area contributed by atoms with Gasteiger partial charge < -0.3 is 10.1 Å². The number of carbonyl (C=O) groups is 3. The number of amides is 3. The number of para-hydroxylation sites is 1. The van der Waals surface area contributed by atoms with Crippen molar-refractivity contribution in [3.63, 3.8) is 0 Å². The van der Waals surface area contributed by atoms with E-state index in [1.165, 1.54) is 11.8 Å². The molecule has 1 aromatic carbocycles. The molecule has 0 saturated heterocycles. The second-order valence-electron chi connectivity index (χ2n) is 6.21. The van der Waals surface area contributed by atoms with Crippen molar-refractivity contribution >= 4 is 51.2 Å². The first-order valence-electron chi connectivity index (χ1n) is 8.84. The standard InChI is InChI=1S/C18H21N3O4S2/c22-15(21-17(24)19-12-5-1-2-6-12)11-25-16(23)9-10-26-18-20-13-7-3-4-8-14(13)27-18/h3-4,7-8,12H,1-2,5-6,9-11H2,(H2,19,21,22,24). The number of thiazole rings is 1. The molecule has 27 heavy (non-hydrogen) atoms. The molecule has 1 aliphatic rings. The molecule has 3 rings (SSSR count). The molecule has 0 atom stereocenters. The van der Waals surface area contributed by atoms with E-state index in [0.717, 1.165) is 40.2 Å². The number of carbonyl (C=O) groups excluding carboxylic acids is 3. The fourth-order valence-corrected chi connectivity index (χ4v) is 4.87. The van der Waals surface area contributed by atoms with Gasteiger partial charge in [-0.2, -0.15) is 0 Å². The smallest absolute Gasteiger partial charge is 0.321 e. The summed E-state index contributed by atoms with van der Waals surface area (Å²) in [6, 6.07) is 7.45. The second-order valence-corrected chi connectivity index (χ2v) is 8.58. The quantitative estimate of drug-likeness (QED) is 0.541. The number of hydrogen-bond donors (Lipinski definition) is 2. The van der Waals surface area contributed by atoms with Gasteiger partial charge in [-0.25, -0.2) is 9.78 Å². The summed E-state index contributed by atoms with van der Waals surface area (Å²) in [5, 5.41) is 4.92. The number of benzene rings is 1. The van der Waals surface area contributed by atoms with Crippen LogP contribution < -0.4 is 10.6 Å². The van der Waals surface area contributed by atoms with Gasteiger partial charge in [0.2, 0.25) is 0 Å². The molecule has 0 unspecified atom stereocenters. The highest BCUT2D eigenvalue weighted by Gasteiger charge is 2.18. The van der Waals surface area contributed by atoms with E-state index < -0.39 is 24.5 Å². The van der Waals surface area contributed by atoms with Gasteiger partial charge in [0.05, 0.1) is 16.6 Å². The van der Waals surface area contributed by atoms with Crippen molar-refractivity contribution < 1.29 is 19.1 Å². The maximum atomic E-state index is 11.7. The van der Waals surface area contributed by atoms with Gasteiger partial charge in [0.1, 0.15) is 0 Å². The third-order valence-electron chi connectivity index (χ3n) is 4.11. The van der Waals surface area contributed by atoms with Crippen LogP contribution in [0.1, 0.15) is 32.1 Å². The van der Waals surface area contributed by atoms with Crippen LogP contribution in [0, 0.1) is 0 Å². The number of hydrogen-bond acceptors (Lipinski definition) is 7. The SMILES string of the molecule is O=C(COC(=O)CCSc1nc2ccccc2s1)NC(=O)NC1CCCC1. The first-order chi connectivity index (χ1) is 13.1. The number of fused-ring (bicyclic) bond motifs is 1. The van der Waals surface area contributed by atoms with E-state index >= 15 is 0 Å². The van der Waals surface area contributed by atoms with Gasteiger partial charge in [0.15, 0.2) is 10.9 Å². The van der Waals surface area contributed by atoms with Crippen molar-refractivity contribution in [1.29, 1.82) is 0 Å². The van der Waals surface area contributed by atoms with Crippen LogP contribution in [0.3, 0.4) is 0 Å². The van der Waals surface area contributed by atoms with E-state index in [-0.39, 0.29) is 12.5 Å². The Bertz CT molecular complexity index is 785.